The summed E-state index contributed by atoms with van der Waals surface area (Å²) in [7, 11) is 0. The molecule has 3 heteroatoms. The van der Waals surface area contributed by atoms with Gasteiger partial charge in [-0.2, -0.15) is 0 Å². The zero-order chi connectivity index (χ0) is 14.6. The largest absolute Gasteiger partial charge is 0.474 e. The summed E-state index contributed by atoms with van der Waals surface area (Å²) in [4.78, 5) is 4.60. The average Bonchev–Trinajstić information content (AvgIpc) is 2.39. The summed E-state index contributed by atoms with van der Waals surface area (Å²) in [5, 5.41) is 3.46. The standard InChI is InChI=1S/C17H28N2O/c1-13-8-10-15(11-9-13)20-16-7-5-6-14(19-16)12-18-17(2,3)4/h5-7,13,15,18H,8-12H2,1-4H3. The Hall–Kier alpha value is -1.09. The van der Waals surface area contributed by atoms with Gasteiger partial charge >= 0.3 is 0 Å². The quantitative estimate of drug-likeness (QED) is 0.905. The first-order valence-corrected chi connectivity index (χ1v) is 7.80. The van der Waals surface area contributed by atoms with Gasteiger partial charge in [0.1, 0.15) is 6.10 Å². The molecule has 0 bridgehead atoms. The van der Waals surface area contributed by atoms with Crippen molar-refractivity contribution in [2.75, 3.05) is 0 Å². The Balaban J connectivity index is 1.89. The molecular weight excluding hydrogens is 248 g/mol. The number of nitrogens with zero attached hydrogens (tertiary/aromatic N) is 1. The van der Waals surface area contributed by atoms with Gasteiger partial charge in [0.15, 0.2) is 0 Å². The van der Waals surface area contributed by atoms with E-state index in [0.29, 0.717) is 6.10 Å². The lowest BCUT2D eigenvalue weighted by atomic mass is 9.89. The molecule has 0 aromatic carbocycles. The number of pyridine rings is 1. The molecule has 1 aromatic heterocycles. The SMILES string of the molecule is CC1CCC(Oc2cccc(CNC(C)(C)C)n2)CC1. The van der Waals surface area contributed by atoms with E-state index in [1.54, 1.807) is 0 Å². The van der Waals surface area contributed by atoms with Crippen LogP contribution in [0.25, 0.3) is 0 Å². The summed E-state index contributed by atoms with van der Waals surface area (Å²) < 4.78 is 6.04. The minimum Gasteiger partial charge on any atom is -0.474 e. The van der Waals surface area contributed by atoms with Gasteiger partial charge in [-0.15, -0.1) is 0 Å². The average molecular weight is 276 g/mol. The fraction of sp³-hybridized carbons (Fsp3) is 0.706. The highest BCUT2D eigenvalue weighted by Gasteiger charge is 2.20. The van der Waals surface area contributed by atoms with Crippen LogP contribution in [0.2, 0.25) is 0 Å². The molecule has 3 nitrogen and oxygen atoms in total. The highest BCUT2D eigenvalue weighted by molar-refractivity contribution is 5.16. The first-order chi connectivity index (χ1) is 9.42. The molecule has 1 heterocycles. The lowest BCUT2D eigenvalue weighted by molar-refractivity contribution is 0.130. The van der Waals surface area contributed by atoms with Crippen molar-refractivity contribution in [3.8, 4) is 5.88 Å². The van der Waals surface area contributed by atoms with Gasteiger partial charge in [0.05, 0.1) is 5.69 Å². The van der Waals surface area contributed by atoms with Crippen LogP contribution >= 0.6 is 0 Å². The predicted octanol–water partition coefficient (Wildman–Crippen LogP) is 3.93. The molecule has 0 amide bonds. The number of rotatable bonds is 4. The maximum absolute atomic E-state index is 6.04. The summed E-state index contributed by atoms with van der Waals surface area (Å²) in [5.74, 6) is 1.63. The third-order valence-corrected chi connectivity index (χ3v) is 3.83. The molecule has 2 rings (SSSR count). The first kappa shape index (κ1) is 15.3. The van der Waals surface area contributed by atoms with E-state index in [1.165, 1.54) is 12.8 Å². The molecule has 112 valence electrons. The van der Waals surface area contributed by atoms with Gasteiger partial charge in [-0.1, -0.05) is 13.0 Å². The van der Waals surface area contributed by atoms with Crippen LogP contribution in [0.1, 0.15) is 59.1 Å². The van der Waals surface area contributed by atoms with Gasteiger partial charge < -0.3 is 10.1 Å². The normalized spacial score (nSPS) is 23.6. The highest BCUT2D eigenvalue weighted by atomic mass is 16.5. The Morgan fingerprint density at radius 2 is 1.90 bits per heavy atom. The Bertz CT molecular complexity index is 417. The smallest absolute Gasteiger partial charge is 0.213 e. The first-order valence-electron chi connectivity index (χ1n) is 7.80. The second-order valence-electron chi connectivity index (χ2n) is 7.07. The maximum atomic E-state index is 6.04. The van der Waals surface area contributed by atoms with Crippen LogP contribution in [0.3, 0.4) is 0 Å². The van der Waals surface area contributed by atoms with Crippen molar-refractivity contribution in [3.63, 3.8) is 0 Å². The maximum Gasteiger partial charge on any atom is 0.213 e. The van der Waals surface area contributed by atoms with Crippen molar-refractivity contribution in [3.05, 3.63) is 23.9 Å². The molecule has 1 aliphatic rings. The van der Waals surface area contributed by atoms with Crippen LogP contribution in [0.4, 0.5) is 0 Å². The molecule has 1 fully saturated rings. The molecule has 0 radical (unpaired) electrons. The van der Waals surface area contributed by atoms with Crippen LogP contribution in [-0.2, 0) is 6.54 Å². The molecule has 0 saturated heterocycles. The van der Waals surface area contributed by atoms with E-state index in [9.17, 15) is 0 Å². The number of hydrogen-bond donors (Lipinski definition) is 1. The van der Waals surface area contributed by atoms with E-state index in [2.05, 4.69) is 44.1 Å². The second kappa shape index (κ2) is 6.57. The molecule has 1 aromatic rings. The Morgan fingerprint density at radius 1 is 1.20 bits per heavy atom. The van der Waals surface area contributed by atoms with E-state index in [-0.39, 0.29) is 5.54 Å². The van der Waals surface area contributed by atoms with Crippen molar-refractivity contribution in [2.45, 2.75) is 71.6 Å². The minimum atomic E-state index is 0.109. The molecule has 0 unspecified atom stereocenters. The van der Waals surface area contributed by atoms with Gasteiger partial charge in [0.2, 0.25) is 5.88 Å². The molecule has 0 spiro atoms. The number of ether oxygens (including phenoxy) is 1. The molecule has 1 aliphatic carbocycles. The topological polar surface area (TPSA) is 34.1 Å². The lowest BCUT2D eigenvalue weighted by Crippen LogP contribution is -2.35. The summed E-state index contributed by atoms with van der Waals surface area (Å²) in [5.41, 5.74) is 1.15. The monoisotopic (exact) mass is 276 g/mol. The predicted molar refractivity (Wildman–Crippen MR) is 82.9 cm³/mol. The molecule has 20 heavy (non-hydrogen) atoms. The van der Waals surface area contributed by atoms with Gasteiger partial charge in [-0.05, 0) is 58.4 Å². The van der Waals surface area contributed by atoms with Crippen molar-refractivity contribution in [2.24, 2.45) is 5.92 Å². The van der Waals surface area contributed by atoms with Gasteiger partial charge in [-0.3, -0.25) is 0 Å². The van der Waals surface area contributed by atoms with Crippen LogP contribution in [0.15, 0.2) is 18.2 Å². The number of nitrogens with one attached hydrogen (secondary N) is 1. The summed E-state index contributed by atoms with van der Waals surface area (Å²) in [6.45, 7) is 9.60. The van der Waals surface area contributed by atoms with E-state index in [1.807, 2.05) is 12.1 Å². The summed E-state index contributed by atoms with van der Waals surface area (Å²) >= 11 is 0. The van der Waals surface area contributed by atoms with Crippen molar-refractivity contribution in [1.29, 1.82) is 0 Å². The molecular formula is C17H28N2O. The highest BCUT2D eigenvalue weighted by Crippen LogP contribution is 2.26. The fourth-order valence-electron chi connectivity index (χ4n) is 2.50. The molecule has 0 atom stereocenters. The zero-order valence-corrected chi connectivity index (χ0v) is 13.3. The Kier molecular flexibility index (Phi) is 5.03. The van der Waals surface area contributed by atoms with Crippen LogP contribution in [-0.4, -0.2) is 16.6 Å². The van der Waals surface area contributed by atoms with Gasteiger partial charge in [0.25, 0.3) is 0 Å². The van der Waals surface area contributed by atoms with E-state index in [4.69, 9.17) is 4.74 Å². The molecule has 1 N–H and O–H groups in total. The third-order valence-electron chi connectivity index (χ3n) is 3.83. The van der Waals surface area contributed by atoms with Gasteiger partial charge in [0, 0.05) is 18.2 Å². The van der Waals surface area contributed by atoms with E-state index < -0.39 is 0 Å². The Morgan fingerprint density at radius 3 is 2.55 bits per heavy atom. The summed E-state index contributed by atoms with van der Waals surface area (Å²) in [6.07, 6.45) is 5.22. The zero-order valence-electron chi connectivity index (χ0n) is 13.3. The van der Waals surface area contributed by atoms with Gasteiger partial charge in [-0.25, -0.2) is 4.98 Å². The van der Waals surface area contributed by atoms with Crippen molar-refractivity contribution >= 4 is 0 Å². The van der Waals surface area contributed by atoms with Crippen LogP contribution < -0.4 is 10.1 Å². The molecule has 1 saturated carbocycles. The van der Waals surface area contributed by atoms with Crippen molar-refractivity contribution in [1.82, 2.24) is 10.3 Å². The summed E-state index contributed by atoms with van der Waals surface area (Å²) in [6, 6.07) is 6.06. The number of hydrogen-bond acceptors (Lipinski definition) is 3. The molecule has 0 aliphatic heterocycles. The fourth-order valence-corrected chi connectivity index (χ4v) is 2.50. The minimum absolute atomic E-state index is 0.109. The van der Waals surface area contributed by atoms with E-state index >= 15 is 0 Å². The van der Waals surface area contributed by atoms with Crippen molar-refractivity contribution < 1.29 is 4.74 Å². The van der Waals surface area contributed by atoms with Crippen LogP contribution in [0.5, 0.6) is 5.88 Å². The van der Waals surface area contributed by atoms with E-state index in [0.717, 1.165) is 36.9 Å². The Labute approximate surface area is 123 Å². The second-order valence-corrected chi connectivity index (χ2v) is 7.07. The third kappa shape index (κ3) is 5.12. The van der Waals surface area contributed by atoms with Crippen LogP contribution in [0, 0.1) is 5.92 Å². The number of aromatic nitrogens is 1. The lowest BCUT2D eigenvalue weighted by Gasteiger charge is -2.26.